The fraction of sp³-hybridized carbons (Fsp3) is 0.0833. The summed E-state index contributed by atoms with van der Waals surface area (Å²) in [6.07, 6.45) is 0. The molecule has 2 rings (SSSR count). The van der Waals surface area contributed by atoms with Gasteiger partial charge in [0.2, 0.25) is 5.78 Å². The van der Waals surface area contributed by atoms with Gasteiger partial charge in [0.15, 0.2) is 5.76 Å². The maximum Gasteiger partial charge on any atom is 0.208 e. The van der Waals surface area contributed by atoms with Crippen LogP contribution in [0.4, 0.5) is 0 Å². The number of alkyl halides is 1. The van der Waals surface area contributed by atoms with E-state index in [1.54, 1.807) is 30.3 Å². The van der Waals surface area contributed by atoms with E-state index < -0.39 is 0 Å². The Morgan fingerprint density at radius 3 is 2.59 bits per heavy atom. The molecule has 0 fully saturated rings. The first-order valence-corrected chi connectivity index (χ1v) is 6.64. The highest BCUT2D eigenvalue weighted by Gasteiger charge is 2.11. The van der Waals surface area contributed by atoms with Gasteiger partial charge in [0, 0.05) is 5.56 Å². The number of carbonyl (C=O) groups excluding carboxylic acids is 1. The van der Waals surface area contributed by atoms with Crippen molar-refractivity contribution >= 4 is 44.9 Å². The number of Topliss-reactive ketones (excluding diaryl/α,β-unsaturated/α-hetero) is 1. The average Bonchev–Trinajstić information content (AvgIpc) is 2.81. The van der Waals surface area contributed by atoms with Gasteiger partial charge in [0.05, 0.1) is 15.4 Å². The van der Waals surface area contributed by atoms with Crippen molar-refractivity contribution in [1.82, 2.24) is 0 Å². The molecule has 1 heterocycles. The molecule has 0 saturated heterocycles. The molecule has 0 atom stereocenters. The zero-order valence-corrected chi connectivity index (χ0v) is 11.6. The zero-order chi connectivity index (χ0) is 12.4. The first-order valence-electron chi connectivity index (χ1n) is 4.76. The second kappa shape index (κ2) is 5.25. The summed E-state index contributed by atoms with van der Waals surface area (Å²) >= 11 is 14.8. The van der Waals surface area contributed by atoms with Crippen LogP contribution >= 0.6 is 39.1 Å². The monoisotopic (exact) mass is 332 g/mol. The minimum Gasteiger partial charge on any atom is -0.453 e. The lowest BCUT2D eigenvalue weighted by molar-refractivity contribution is 0.0994. The molecule has 0 bridgehead atoms. The van der Waals surface area contributed by atoms with Crippen LogP contribution < -0.4 is 0 Å². The number of halogens is 3. The molecule has 88 valence electrons. The zero-order valence-electron chi connectivity index (χ0n) is 8.54. The highest BCUT2D eigenvalue weighted by atomic mass is 79.9. The van der Waals surface area contributed by atoms with Gasteiger partial charge < -0.3 is 4.42 Å². The second-order valence-electron chi connectivity index (χ2n) is 3.35. The van der Waals surface area contributed by atoms with E-state index in [9.17, 15) is 4.79 Å². The van der Waals surface area contributed by atoms with E-state index in [2.05, 4.69) is 15.9 Å². The molecule has 0 saturated carbocycles. The third-order valence-corrected chi connectivity index (χ3v) is 3.45. The Morgan fingerprint density at radius 1 is 1.18 bits per heavy atom. The Balaban J connectivity index is 2.37. The van der Waals surface area contributed by atoms with Crippen molar-refractivity contribution in [1.29, 1.82) is 0 Å². The van der Waals surface area contributed by atoms with E-state index in [1.807, 2.05) is 0 Å². The SMILES string of the molecule is O=C(CBr)c1ccc(-c2ccc(Cl)c(Cl)c2)o1. The van der Waals surface area contributed by atoms with Gasteiger partial charge in [-0.1, -0.05) is 39.1 Å². The van der Waals surface area contributed by atoms with Gasteiger partial charge in [0.1, 0.15) is 5.76 Å². The topological polar surface area (TPSA) is 30.2 Å². The molecule has 1 aromatic heterocycles. The van der Waals surface area contributed by atoms with Crippen LogP contribution in [0, 0.1) is 0 Å². The first-order chi connectivity index (χ1) is 8.11. The lowest BCUT2D eigenvalue weighted by atomic mass is 10.2. The van der Waals surface area contributed by atoms with Crippen molar-refractivity contribution in [3.05, 3.63) is 46.1 Å². The van der Waals surface area contributed by atoms with Crippen molar-refractivity contribution in [2.24, 2.45) is 0 Å². The summed E-state index contributed by atoms with van der Waals surface area (Å²) in [5, 5.41) is 1.18. The summed E-state index contributed by atoms with van der Waals surface area (Å²) < 4.78 is 5.44. The molecule has 0 amide bonds. The minimum atomic E-state index is -0.101. The molecule has 0 aliphatic heterocycles. The van der Waals surface area contributed by atoms with E-state index in [4.69, 9.17) is 27.6 Å². The second-order valence-corrected chi connectivity index (χ2v) is 4.72. The maximum atomic E-state index is 11.4. The van der Waals surface area contributed by atoms with E-state index in [0.29, 0.717) is 21.6 Å². The van der Waals surface area contributed by atoms with Crippen molar-refractivity contribution in [3.63, 3.8) is 0 Å². The van der Waals surface area contributed by atoms with Crippen molar-refractivity contribution < 1.29 is 9.21 Å². The highest BCUT2D eigenvalue weighted by molar-refractivity contribution is 9.09. The largest absolute Gasteiger partial charge is 0.453 e. The maximum absolute atomic E-state index is 11.4. The lowest BCUT2D eigenvalue weighted by Crippen LogP contribution is -1.96. The Bertz CT molecular complexity index is 563. The lowest BCUT2D eigenvalue weighted by Gasteiger charge is -1.99. The number of furan rings is 1. The summed E-state index contributed by atoms with van der Waals surface area (Å²) in [5.74, 6) is 0.812. The van der Waals surface area contributed by atoms with Crippen LogP contribution in [0.25, 0.3) is 11.3 Å². The normalized spacial score (nSPS) is 10.5. The number of hydrogen-bond donors (Lipinski definition) is 0. The third-order valence-electron chi connectivity index (χ3n) is 2.21. The molecule has 0 radical (unpaired) electrons. The molecule has 0 aliphatic rings. The number of hydrogen-bond acceptors (Lipinski definition) is 2. The standard InChI is InChI=1S/C12H7BrCl2O2/c13-6-10(16)12-4-3-11(17-12)7-1-2-8(14)9(15)5-7/h1-5H,6H2. The van der Waals surface area contributed by atoms with Crippen molar-refractivity contribution in [2.75, 3.05) is 5.33 Å². The van der Waals surface area contributed by atoms with Crippen LogP contribution in [0.2, 0.25) is 10.0 Å². The van der Waals surface area contributed by atoms with Gasteiger partial charge in [-0.3, -0.25) is 4.79 Å². The molecule has 0 aliphatic carbocycles. The third kappa shape index (κ3) is 2.73. The fourth-order valence-electron chi connectivity index (χ4n) is 1.36. The van der Waals surface area contributed by atoms with Gasteiger partial charge in [-0.25, -0.2) is 0 Å². The summed E-state index contributed by atoms with van der Waals surface area (Å²) in [5.41, 5.74) is 0.785. The number of carbonyl (C=O) groups is 1. The summed E-state index contributed by atoms with van der Waals surface area (Å²) in [4.78, 5) is 11.4. The van der Waals surface area contributed by atoms with Gasteiger partial charge in [-0.2, -0.15) is 0 Å². The summed E-state index contributed by atoms with van der Waals surface area (Å²) in [7, 11) is 0. The molecule has 0 N–H and O–H groups in total. The molecule has 2 nitrogen and oxygen atoms in total. The van der Waals surface area contributed by atoms with E-state index >= 15 is 0 Å². The van der Waals surface area contributed by atoms with E-state index in [-0.39, 0.29) is 11.1 Å². The molecule has 2 aromatic rings. The average molecular weight is 334 g/mol. The van der Waals surface area contributed by atoms with Crippen molar-refractivity contribution in [3.8, 4) is 11.3 Å². The molecular formula is C12H7BrCl2O2. The van der Waals surface area contributed by atoms with E-state index in [1.165, 1.54) is 0 Å². The Kier molecular flexibility index (Phi) is 3.92. The van der Waals surface area contributed by atoms with Crippen LogP contribution in [0.15, 0.2) is 34.7 Å². The predicted octanol–water partition coefficient (Wildman–Crippen LogP) is 4.83. The van der Waals surface area contributed by atoms with Crippen LogP contribution in [0.1, 0.15) is 10.6 Å². The quantitative estimate of drug-likeness (QED) is 0.594. The number of ketones is 1. The minimum absolute atomic E-state index is 0.101. The van der Waals surface area contributed by atoms with Gasteiger partial charge in [0.25, 0.3) is 0 Å². The summed E-state index contributed by atoms with van der Waals surface area (Å²) in [6.45, 7) is 0. The molecule has 0 spiro atoms. The van der Waals surface area contributed by atoms with Gasteiger partial charge in [-0.15, -0.1) is 0 Å². The van der Waals surface area contributed by atoms with Crippen LogP contribution in [0.3, 0.4) is 0 Å². The van der Waals surface area contributed by atoms with Gasteiger partial charge >= 0.3 is 0 Å². The highest BCUT2D eigenvalue weighted by Crippen LogP contribution is 2.29. The Labute approximate surface area is 117 Å². The molecule has 0 unspecified atom stereocenters. The first kappa shape index (κ1) is 12.7. The molecule has 1 aromatic carbocycles. The number of rotatable bonds is 3. The predicted molar refractivity (Wildman–Crippen MR) is 72.3 cm³/mol. The summed E-state index contributed by atoms with van der Waals surface area (Å²) in [6, 6.07) is 8.55. The smallest absolute Gasteiger partial charge is 0.208 e. The number of benzene rings is 1. The Morgan fingerprint density at radius 2 is 1.94 bits per heavy atom. The van der Waals surface area contributed by atoms with Crippen LogP contribution in [-0.4, -0.2) is 11.1 Å². The molecule has 17 heavy (non-hydrogen) atoms. The molecular weight excluding hydrogens is 327 g/mol. The fourth-order valence-corrected chi connectivity index (χ4v) is 1.93. The van der Waals surface area contributed by atoms with Crippen molar-refractivity contribution in [2.45, 2.75) is 0 Å². The van der Waals surface area contributed by atoms with Gasteiger partial charge in [-0.05, 0) is 30.3 Å². The molecule has 5 heteroatoms. The Hall–Kier alpha value is -0.770. The van der Waals surface area contributed by atoms with E-state index in [0.717, 1.165) is 5.56 Å². The van der Waals surface area contributed by atoms with Crippen LogP contribution in [-0.2, 0) is 0 Å². The van der Waals surface area contributed by atoms with Crippen LogP contribution in [0.5, 0.6) is 0 Å².